The third kappa shape index (κ3) is 4.80. The minimum Gasteiger partial charge on any atom is -0.457 e. The first-order valence-electron chi connectivity index (χ1n) is 9.34. The van der Waals surface area contributed by atoms with Crippen LogP contribution in [0.5, 0.6) is 0 Å². The van der Waals surface area contributed by atoms with Crippen LogP contribution < -0.4 is 5.32 Å². The van der Waals surface area contributed by atoms with E-state index in [1.807, 2.05) is 43.3 Å². The second kappa shape index (κ2) is 9.34. The van der Waals surface area contributed by atoms with Crippen LogP contribution in [0.25, 0.3) is 17.4 Å². The third-order valence-corrected chi connectivity index (χ3v) is 4.54. The molecule has 3 aromatic rings. The normalized spacial score (nSPS) is 12.1. The van der Waals surface area contributed by atoms with Crippen molar-refractivity contribution in [3.8, 4) is 17.4 Å². The van der Waals surface area contributed by atoms with Gasteiger partial charge in [0.05, 0.1) is 11.0 Å². The Kier molecular flexibility index (Phi) is 6.40. The Morgan fingerprint density at radius 3 is 2.63 bits per heavy atom. The van der Waals surface area contributed by atoms with Gasteiger partial charge in [-0.3, -0.25) is 14.9 Å². The van der Waals surface area contributed by atoms with Crippen molar-refractivity contribution in [3.05, 3.63) is 93.7 Å². The molecule has 150 valence electrons. The van der Waals surface area contributed by atoms with Gasteiger partial charge in [-0.05, 0) is 24.1 Å². The summed E-state index contributed by atoms with van der Waals surface area (Å²) in [6.45, 7) is 1.95. The van der Waals surface area contributed by atoms with Crippen molar-refractivity contribution in [1.29, 1.82) is 5.26 Å². The SMILES string of the molecule is CCC(NC(=O)/C(C#N)=C/c1ccc(-c2cccc([N+](=O)[O-])c2)o1)c1ccccc1. The molecule has 1 amide bonds. The topological polar surface area (TPSA) is 109 Å². The Bertz CT molecular complexity index is 1130. The summed E-state index contributed by atoms with van der Waals surface area (Å²) < 4.78 is 5.67. The quantitative estimate of drug-likeness (QED) is 0.258. The van der Waals surface area contributed by atoms with E-state index in [1.54, 1.807) is 24.3 Å². The molecule has 1 aromatic heterocycles. The van der Waals surface area contributed by atoms with E-state index in [0.29, 0.717) is 23.5 Å². The van der Waals surface area contributed by atoms with Crippen molar-refractivity contribution in [3.63, 3.8) is 0 Å². The lowest BCUT2D eigenvalue weighted by Gasteiger charge is -2.17. The molecule has 0 aliphatic heterocycles. The van der Waals surface area contributed by atoms with E-state index in [9.17, 15) is 20.2 Å². The number of rotatable bonds is 7. The molecule has 30 heavy (non-hydrogen) atoms. The smallest absolute Gasteiger partial charge is 0.270 e. The fraction of sp³-hybridized carbons (Fsp3) is 0.130. The van der Waals surface area contributed by atoms with Gasteiger partial charge in [-0.25, -0.2) is 0 Å². The minimum absolute atomic E-state index is 0.0513. The molecule has 1 atom stereocenters. The molecule has 0 saturated heterocycles. The maximum atomic E-state index is 12.6. The number of furan rings is 1. The van der Waals surface area contributed by atoms with Crippen molar-refractivity contribution in [2.24, 2.45) is 0 Å². The molecule has 0 aliphatic carbocycles. The van der Waals surface area contributed by atoms with Crippen LogP contribution in [0.4, 0.5) is 5.69 Å². The monoisotopic (exact) mass is 401 g/mol. The second-order valence-corrected chi connectivity index (χ2v) is 6.52. The highest BCUT2D eigenvalue weighted by Crippen LogP contribution is 2.26. The first-order valence-corrected chi connectivity index (χ1v) is 9.34. The molecule has 0 bridgehead atoms. The van der Waals surface area contributed by atoms with E-state index in [-0.39, 0.29) is 17.3 Å². The molecule has 0 saturated carbocycles. The van der Waals surface area contributed by atoms with Gasteiger partial charge in [-0.1, -0.05) is 49.4 Å². The van der Waals surface area contributed by atoms with Gasteiger partial charge in [0, 0.05) is 23.8 Å². The zero-order valence-electron chi connectivity index (χ0n) is 16.2. The van der Waals surface area contributed by atoms with Crippen LogP contribution in [-0.2, 0) is 4.79 Å². The lowest BCUT2D eigenvalue weighted by Crippen LogP contribution is -2.29. The summed E-state index contributed by atoms with van der Waals surface area (Å²) in [5.74, 6) is 0.204. The van der Waals surface area contributed by atoms with Gasteiger partial charge in [0.1, 0.15) is 23.2 Å². The van der Waals surface area contributed by atoms with Crippen LogP contribution in [0.2, 0.25) is 0 Å². The van der Waals surface area contributed by atoms with Crippen LogP contribution >= 0.6 is 0 Å². The van der Waals surface area contributed by atoms with Gasteiger partial charge in [-0.15, -0.1) is 0 Å². The summed E-state index contributed by atoms with van der Waals surface area (Å²) in [6, 6.07) is 20.5. The fourth-order valence-corrected chi connectivity index (χ4v) is 2.99. The molecular weight excluding hydrogens is 382 g/mol. The number of amides is 1. The molecule has 0 spiro atoms. The van der Waals surface area contributed by atoms with Crippen LogP contribution in [0.15, 0.2) is 76.7 Å². The van der Waals surface area contributed by atoms with Crippen molar-refractivity contribution < 1.29 is 14.1 Å². The number of nitro groups is 1. The van der Waals surface area contributed by atoms with Gasteiger partial charge >= 0.3 is 0 Å². The van der Waals surface area contributed by atoms with E-state index in [0.717, 1.165) is 5.56 Å². The number of non-ortho nitro benzene ring substituents is 1. The molecule has 7 nitrogen and oxygen atoms in total. The van der Waals surface area contributed by atoms with Crippen LogP contribution in [0, 0.1) is 21.4 Å². The summed E-state index contributed by atoms with van der Waals surface area (Å²) >= 11 is 0. The number of nitriles is 1. The lowest BCUT2D eigenvalue weighted by molar-refractivity contribution is -0.384. The predicted octanol–water partition coefficient (Wildman–Crippen LogP) is 5.03. The Morgan fingerprint density at radius 1 is 1.20 bits per heavy atom. The second-order valence-electron chi connectivity index (χ2n) is 6.52. The number of benzene rings is 2. The predicted molar refractivity (Wildman–Crippen MR) is 112 cm³/mol. The average Bonchev–Trinajstić information content (AvgIpc) is 3.25. The summed E-state index contributed by atoms with van der Waals surface area (Å²) in [5, 5.41) is 23.3. The number of nitrogens with zero attached hydrogens (tertiary/aromatic N) is 2. The highest BCUT2D eigenvalue weighted by Gasteiger charge is 2.17. The van der Waals surface area contributed by atoms with Gasteiger partial charge in [0.2, 0.25) is 0 Å². The van der Waals surface area contributed by atoms with Gasteiger partial charge in [0.15, 0.2) is 0 Å². The summed E-state index contributed by atoms with van der Waals surface area (Å²) in [7, 11) is 0. The summed E-state index contributed by atoms with van der Waals surface area (Å²) in [5.41, 5.74) is 1.34. The van der Waals surface area contributed by atoms with Crippen LogP contribution in [0.3, 0.4) is 0 Å². The molecule has 1 unspecified atom stereocenters. The Balaban J connectivity index is 1.80. The zero-order valence-corrected chi connectivity index (χ0v) is 16.2. The highest BCUT2D eigenvalue weighted by molar-refractivity contribution is 6.01. The molecule has 1 N–H and O–H groups in total. The Morgan fingerprint density at radius 2 is 1.97 bits per heavy atom. The molecule has 2 aromatic carbocycles. The molecule has 0 radical (unpaired) electrons. The van der Waals surface area contributed by atoms with Crippen LogP contribution in [0.1, 0.15) is 30.7 Å². The number of hydrogen-bond acceptors (Lipinski definition) is 5. The number of nitro benzene ring substituents is 1. The molecule has 0 fully saturated rings. The standard InChI is InChI=1S/C23H19N3O4/c1-2-21(16-7-4-3-5-8-16)25-23(27)18(15-24)14-20-11-12-22(30-20)17-9-6-10-19(13-17)26(28)29/h3-14,21H,2H2,1H3,(H,25,27)/b18-14+. The van der Waals surface area contributed by atoms with Gasteiger partial charge in [0.25, 0.3) is 11.6 Å². The van der Waals surface area contributed by atoms with E-state index in [2.05, 4.69) is 5.32 Å². The van der Waals surface area contributed by atoms with Gasteiger partial charge in [-0.2, -0.15) is 5.26 Å². The van der Waals surface area contributed by atoms with Crippen molar-refractivity contribution in [1.82, 2.24) is 5.32 Å². The first-order chi connectivity index (χ1) is 14.5. The fourth-order valence-electron chi connectivity index (χ4n) is 2.99. The maximum absolute atomic E-state index is 12.6. The zero-order chi connectivity index (χ0) is 21.5. The first kappa shape index (κ1) is 20.6. The number of carbonyl (C=O) groups is 1. The number of carbonyl (C=O) groups excluding carboxylic acids is 1. The molecule has 1 heterocycles. The van der Waals surface area contributed by atoms with E-state index in [1.165, 1.54) is 18.2 Å². The Labute approximate surface area is 173 Å². The lowest BCUT2D eigenvalue weighted by atomic mass is 10.0. The van der Waals surface area contributed by atoms with Crippen molar-refractivity contribution in [2.75, 3.05) is 0 Å². The minimum atomic E-state index is -0.499. The largest absolute Gasteiger partial charge is 0.457 e. The Hall–Kier alpha value is -4.18. The van der Waals surface area contributed by atoms with Crippen molar-refractivity contribution >= 4 is 17.7 Å². The van der Waals surface area contributed by atoms with E-state index < -0.39 is 10.8 Å². The average molecular weight is 401 g/mol. The highest BCUT2D eigenvalue weighted by atomic mass is 16.6. The molecular formula is C23H19N3O4. The van der Waals surface area contributed by atoms with Crippen molar-refractivity contribution in [2.45, 2.75) is 19.4 Å². The van der Waals surface area contributed by atoms with E-state index in [4.69, 9.17) is 4.42 Å². The number of nitrogens with one attached hydrogen (secondary N) is 1. The summed E-state index contributed by atoms with van der Waals surface area (Å²) in [6.07, 6.45) is 2.03. The summed E-state index contributed by atoms with van der Waals surface area (Å²) in [4.78, 5) is 23.1. The maximum Gasteiger partial charge on any atom is 0.270 e. The third-order valence-electron chi connectivity index (χ3n) is 4.54. The van der Waals surface area contributed by atoms with Gasteiger partial charge < -0.3 is 9.73 Å². The molecule has 7 heteroatoms. The molecule has 3 rings (SSSR count). The number of hydrogen-bond donors (Lipinski definition) is 1. The molecule has 0 aliphatic rings. The van der Waals surface area contributed by atoms with E-state index >= 15 is 0 Å². The van der Waals surface area contributed by atoms with Crippen LogP contribution in [-0.4, -0.2) is 10.8 Å².